The second-order valence-electron chi connectivity index (χ2n) is 5.78. The molecule has 1 fully saturated rings. The third kappa shape index (κ3) is 4.07. The van der Waals surface area contributed by atoms with Crippen LogP contribution in [0.4, 0.5) is 0 Å². The summed E-state index contributed by atoms with van der Waals surface area (Å²) < 4.78 is 0. The molecule has 1 aromatic rings. The maximum Gasteiger partial charge on any atom is 0.225 e. The van der Waals surface area contributed by atoms with E-state index in [2.05, 4.69) is 49.1 Å². The fourth-order valence-corrected chi connectivity index (χ4v) is 2.84. The van der Waals surface area contributed by atoms with E-state index in [9.17, 15) is 4.79 Å². The number of amides is 1. The molecule has 3 heteroatoms. The summed E-state index contributed by atoms with van der Waals surface area (Å²) >= 11 is 0. The molecule has 0 saturated carbocycles. The molecular formula is C17H26N2O. The molecule has 110 valence electrons. The maximum atomic E-state index is 12.3. The van der Waals surface area contributed by atoms with Gasteiger partial charge in [-0.3, -0.25) is 9.69 Å². The Bertz CT molecular complexity index is 410. The predicted octanol–water partition coefficient (Wildman–Crippen LogP) is 2.77. The molecule has 0 aromatic heterocycles. The summed E-state index contributed by atoms with van der Waals surface area (Å²) in [7, 11) is 0. The van der Waals surface area contributed by atoms with Crippen molar-refractivity contribution in [3.05, 3.63) is 35.9 Å². The number of hydrogen-bond donors (Lipinski definition) is 0. The topological polar surface area (TPSA) is 23.6 Å². The standard InChI is InChI=1S/C17H26N2O/c1-3-7-15(2)17(20)19-12-10-18(11-13-19)14-16-8-5-4-6-9-16/h4-6,8-9,15H,3,7,10-14H2,1-2H3/t15-/m0/s1. The second-order valence-corrected chi connectivity index (χ2v) is 5.78. The average Bonchev–Trinajstić information content (AvgIpc) is 2.48. The fourth-order valence-electron chi connectivity index (χ4n) is 2.84. The van der Waals surface area contributed by atoms with E-state index in [-0.39, 0.29) is 5.92 Å². The van der Waals surface area contributed by atoms with Gasteiger partial charge >= 0.3 is 0 Å². The van der Waals surface area contributed by atoms with Gasteiger partial charge in [-0.15, -0.1) is 0 Å². The van der Waals surface area contributed by atoms with Crippen molar-refractivity contribution in [3.63, 3.8) is 0 Å². The summed E-state index contributed by atoms with van der Waals surface area (Å²) in [5.41, 5.74) is 1.35. The smallest absolute Gasteiger partial charge is 0.225 e. The lowest BCUT2D eigenvalue weighted by Gasteiger charge is -2.36. The van der Waals surface area contributed by atoms with E-state index in [1.165, 1.54) is 5.56 Å². The number of piperazine rings is 1. The zero-order valence-electron chi connectivity index (χ0n) is 12.7. The van der Waals surface area contributed by atoms with E-state index in [0.717, 1.165) is 45.6 Å². The van der Waals surface area contributed by atoms with Crippen LogP contribution in [-0.2, 0) is 11.3 Å². The van der Waals surface area contributed by atoms with Crippen LogP contribution < -0.4 is 0 Å². The van der Waals surface area contributed by atoms with Crippen LogP contribution in [0, 0.1) is 5.92 Å². The van der Waals surface area contributed by atoms with Gasteiger partial charge in [0.15, 0.2) is 0 Å². The highest BCUT2D eigenvalue weighted by molar-refractivity contribution is 5.78. The summed E-state index contributed by atoms with van der Waals surface area (Å²) in [5, 5.41) is 0. The lowest BCUT2D eigenvalue weighted by Crippen LogP contribution is -2.49. The number of rotatable bonds is 5. The molecule has 1 heterocycles. The Labute approximate surface area is 122 Å². The highest BCUT2D eigenvalue weighted by Crippen LogP contribution is 2.13. The second kappa shape index (κ2) is 7.44. The largest absolute Gasteiger partial charge is 0.340 e. The number of nitrogens with zero attached hydrogens (tertiary/aromatic N) is 2. The number of benzene rings is 1. The van der Waals surface area contributed by atoms with E-state index in [0.29, 0.717) is 5.91 Å². The Balaban J connectivity index is 1.79. The highest BCUT2D eigenvalue weighted by atomic mass is 16.2. The van der Waals surface area contributed by atoms with Crippen LogP contribution >= 0.6 is 0 Å². The van der Waals surface area contributed by atoms with Crippen molar-refractivity contribution in [1.29, 1.82) is 0 Å². The summed E-state index contributed by atoms with van der Waals surface area (Å²) in [4.78, 5) is 16.7. The molecule has 3 nitrogen and oxygen atoms in total. The number of carbonyl (C=O) groups excluding carboxylic acids is 1. The van der Waals surface area contributed by atoms with Gasteiger partial charge in [-0.05, 0) is 12.0 Å². The lowest BCUT2D eigenvalue weighted by molar-refractivity contribution is -0.137. The summed E-state index contributed by atoms with van der Waals surface area (Å²) in [6, 6.07) is 10.6. The van der Waals surface area contributed by atoms with Gasteiger partial charge in [0, 0.05) is 38.6 Å². The molecule has 1 atom stereocenters. The molecule has 1 aliphatic rings. The van der Waals surface area contributed by atoms with Gasteiger partial charge in [-0.1, -0.05) is 50.6 Å². The van der Waals surface area contributed by atoms with Crippen molar-refractivity contribution in [2.75, 3.05) is 26.2 Å². The van der Waals surface area contributed by atoms with Crippen molar-refractivity contribution in [3.8, 4) is 0 Å². The van der Waals surface area contributed by atoms with Gasteiger partial charge in [-0.2, -0.15) is 0 Å². The third-order valence-corrected chi connectivity index (χ3v) is 4.08. The van der Waals surface area contributed by atoms with Crippen LogP contribution in [0.25, 0.3) is 0 Å². The third-order valence-electron chi connectivity index (χ3n) is 4.08. The lowest BCUT2D eigenvalue weighted by atomic mass is 10.0. The van der Waals surface area contributed by atoms with E-state index in [1.54, 1.807) is 0 Å². The van der Waals surface area contributed by atoms with Gasteiger partial charge in [-0.25, -0.2) is 0 Å². The van der Waals surface area contributed by atoms with Crippen molar-refractivity contribution < 1.29 is 4.79 Å². The summed E-state index contributed by atoms with van der Waals surface area (Å²) in [6.45, 7) is 8.91. The Morgan fingerprint density at radius 2 is 1.80 bits per heavy atom. The number of hydrogen-bond acceptors (Lipinski definition) is 2. The molecule has 0 unspecified atom stereocenters. The Morgan fingerprint density at radius 1 is 1.15 bits per heavy atom. The summed E-state index contributed by atoms with van der Waals surface area (Å²) in [5.74, 6) is 0.520. The van der Waals surface area contributed by atoms with E-state index < -0.39 is 0 Å². The molecule has 0 spiro atoms. The van der Waals surface area contributed by atoms with Gasteiger partial charge in [0.2, 0.25) is 5.91 Å². The fraction of sp³-hybridized carbons (Fsp3) is 0.588. The Hall–Kier alpha value is -1.35. The van der Waals surface area contributed by atoms with E-state index in [4.69, 9.17) is 0 Å². The van der Waals surface area contributed by atoms with Gasteiger partial charge < -0.3 is 4.90 Å². The highest BCUT2D eigenvalue weighted by Gasteiger charge is 2.24. The normalized spacial score (nSPS) is 18.0. The first-order valence-corrected chi connectivity index (χ1v) is 7.75. The van der Waals surface area contributed by atoms with Crippen molar-refractivity contribution >= 4 is 5.91 Å². The van der Waals surface area contributed by atoms with Gasteiger partial charge in [0.25, 0.3) is 0 Å². The Morgan fingerprint density at radius 3 is 2.40 bits per heavy atom. The molecule has 1 saturated heterocycles. The minimum atomic E-state index is 0.181. The zero-order chi connectivity index (χ0) is 14.4. The predicted molar refractivity (Wildman–Crippen MR) is 82.4 cm³/mol. The minimum absolute atomic E-state index is 0.181. The molecule has 0 bridgehead atoms. The van der Waals surface area contributed by atoms with E-state index >= 15 is 0 Å². The quantitative estimate of drug-likeness (QED) is 0.824. The average molecular weight is 274 g/mol. The minimum Gasteiger partial charge on any atom is -0.340 e. The first-order valence-electron chi connectivity index (χ1n) is 7.75. The van der Waals surface area contributed by atoms with Gasteiger partial charge in [0.1, 0.15) is 0 Å². The Kier molecular flexibility index (Phi) is 5.60. The van der Waals surface area contributed by atoms with Crippen molar-refractivity contribution in [2.45, 2.75) is 33.2 Å². The van der Waals surface area contributed by atoms with Crippen molar-refractivity contribution in [2.24, 2.45) is 5.92 Å². The van der Waals surface area contributed by atoms with Crippen LogP contribution in [0.15, 0.2) is 30.3 Å². The SMILES string of the molecule is CCC[C@H](C)C(=O)N1CCN(Cc2ccccc2)CC1. The molecule has 0 N–H and O–H groups in total. The molecule has 0 aliphatic carbocycles. The molecular weight excluding hydrogens is 248 g/mol. The van der Waals surface area contributed by atoms with Crippen molar-refractivity contribution in [1.82, 2.24) is 9.80 Å². The first-order chi connectivity index (χ1) is 9.70. The summed E-state index contributed by atoms with van der Waals surface area (Å²) in [6.07, 6.45) is 2.09. The maximum absolute atomic E-state index is 12.3. The molecule has 0 radical (unpaired) electrons. The number of carbonyl (C=O) groups is 1. The van der Waals surface area contributed by atoms with Crippen LogP contribution in [0.1, 0.15) is 32.3 Å². The molecule has 2 rings (SSSR count). The molecule has 1 aromatic carbocycles. The molecule has 20 heavy (non-hydrogen) atoms. The zero-order valence-corrected chi connectivity index (χ0v) is 12.7. The monoisotopic (exact) mass is 274 g/mol. The van der Waals surface area contributed by atoms with Crippen LogP contribution in [0.3, 0.4) is 0 Å². The van der Waals surface area contributed by atoms with Crippen LogP contribution in [-0.4, -0.2) is 41.9 Å². The van der Waals surface area contributed by atoms with Gasteiger partial charge in [0.05, 0.1) is 0 Å². The molecule has 1 aliphatic heterocycles. The van der Waals surface area contributed by atoms with Crippen LogP contribution in [0.5, 0.6) is 0 Å². The van der Waals surface area contributed by atoms with E-state index in [1.807, 2.05) is 4.90 Å². The first kappa shape index (κ1) is 15.0. The van der Waals surface area contributed by atoms with Crippen LogP contribution in [0.2, 0.25) is 0 Å². The molecule has 1 amide bonds.